The molecule has 0 amide bonds. The quantitative estimate of drug-likeness (QED) is 0.275. The lowest BCUT2D eigenvalue weighted by atomic mass is 10.1. The van der Waals surface area contributed by atoms with Crippen LogP contribution in [0.5, 0.6) is 0 Å². The van der Waals surface area contributed by atoms with E-state index in [1.54, 1.807) is 6.26 Å². The number of rotatable bonds is 13. The first-order chi connectivity index (χ1) is 11.3. The molecule has 0 unspecified atom stereocenters. The second kappa shape index (κ2) is 14.1. The molecule has 2 nitrogen and oxygen atoms in total. The standard InChI is InChI=1S/C21H32O2/c1-2-3-11-15-20(22)16-12-9-7-5-4-6-8-10-13-17-21-18-14-19-23-21/h3,7,9,11-12,14,16,18-20,22H,2,4-6,8,10,13,15,17H2,1H3/t20-/m1/s1. The fraction of sp³-hybridized carbons (Fsp3) is 0.524. The molecule has 1 aromatic rings. The van der Waals surface area contributed by atoms with E-state index in [-0.39, 0.29) is 6.10 Å². The molecule has 0 radical (unpaired) electrons. The highest BCUT2D eigenvalue weighted by molar-refractivity contribution is 5.05. The van der Waals surface area contributed by atoms with Gasteiger partial charge in [-0.1, -0.05) is 62.6 Å². The van der Waals surface area contributed by atoms with Crippen molar-refractivity contribution in [1.29, 1.82) is 0 Å². The number of allylic oxidation sites excluding steroid dienone is 4. The predicted molar refractivity (Wildman–Crippen MR) is 98.4 cm³/mol. The maximum Gasteiger partial charge on any atom is 0.103 e. The van der Waals surface area contributed by atoms with E-state index in [0.717, 1.165) is 25.0 Å². The van der Waals surface area contributed by atoms with Crippen molar-refractivity contribution in [2.24, 2.45) is 0 Å². The van der Waals surface area contributed by atoms with Gasteiger partial charge in [0, 0.05) is 6.42 Å². The molecule has 0 aliphatic rings. The molecule has 128 valence electrons. The van der Waals surface area contributed by atoms with Gasteiger partial charge >= 0.3 is 0 Å². The van der Waals surface area contributed by atoms with Crippen LogP contribution < -0.4 is 0 Å². The van der Waals surface area contributed by atoms with E-state index in [9.17, 15) is 5.11 Å². The van der Waals surface area contributed by atoms with Crippen LogP contribution in [0.2, 0.25) is 0 Å². The van der Waals surface area contributed by atoms with Gasteiger partial charge in [0.2, 0.25) is 0 Å². The number of aryl methyl sites for hydroxylation is 1. The maximum absolute atomic E-state index is 9.69. The molecule has 1 N–H and O–H groups in total. The molecule has 0 aliphatic heterocycles. The van der Waals surface area contributed by atoms with Crippen LogP contribution in [0.4, 0.5) is 0 Å². The Kier molecular flexibility index (Phi) is 11.9. The van der Waals surface area contributed by atoms with E-state index >= 15 is 0 Å². The Morgan fingerprint density at radius 2 is 1.87 bits per heavy atom. The zero-order valence-corrected chi connectivity index (χ0v) is 14.5. The van der Waals surface area contributed by atoms with E-state index in [1.807, 2.05) is 30.4 Å². The number of unbranched alkanes of at least 4 members (excludes halogenated alkanes) is 5. The average molecular weight is 316 g/mol. The summed E-state index contributed by atoms with van der Waals surface area (Å²) in [7, 11) is 0. The molecule has 0 fully saturated rings. The van der Waals surface area contributed by atoms with Gasteiger partial charge in [0.1, 0.15) is 5.76 Å². The van der Waals surface area contributed by atoms with E-state index in [1.165, 1.54) is 32.1 Å². The molecule has 23 heavy (non-hydrogen) atoms. The lowest BCUT2D eigenvalue weighted by molar-refractivity contribution is 0.227. The third-order valence-electron chi connectivity index (χ3n) is 3.73. The van der Waals surface area contributed by atoms with Crippen LogP contribution in [0.25, 0.3) is 0 Å². The summed E-state index contributed by atoms with van der Waals surface area (Å²) in [6.07, 6.45) is 23.8. The minimum absolute atomic E-state index is 0.364. The molecule has 2 heteroatoms. The van der Waals surface area contributed by atoms with Crippen LogP contribution in [0.1, 0.15) is 64.1 Å². The first kappa shape index (κ1) is 19.5. The molecular weight excluding hydrogens is 284 g/mol. The number of hydrogen-bond donors (Lipinski definition) is 1. The largest absolute Gasteiger partial charge is 0.469 e. The van der Waals surface area contributed by atoms with E-state index in [0.29, 0.717) is 6.42 Å². The minimum atomic E-state index is -0.364. The third-order valence-corrected chi connectivity index (χ3v) is 3.73. The van der Waals surface area contributed by atoms with Crippen LogP contribution in [-0.2, 0) is 6.42 Å². The number of aliphatic hydroxyl groups is 1. The molecule has 1 heterocycles. The molecular formula is C21H32O2. The molecule has 0 bridgehead atoms. The SMILES string of the molecule is CCC=CC[C@@H](O)C=CC=CCCCCCCCc1ccco1. The Labute approximate surface area is 141 Å². The van der Waals surface area contributed by atoms with Crippen molar-refractivity contribution in [3.63, 3.8) is 0 Å². The fourth-order valence-electron chi connectivity index (χ4n) is 2.39. The summed E-state index contributed by atoms with van der Waals surface area (Å²) in [6.45, 7) is 2.10. The Balaban J connectivity index is 1.90. The highest BCUT2D eigenvalue weighted by Crippen LogP contribution is 2.10. The topological polar surface area (TPSA) is 33.4 Å². The smallest absolute Gasteiger partial charge is 0.103 e. The Hall–Kier alpha value is -1.54. The van der Waals surface area contributed by atoms with Crippen molar-refractivity contribution in [3.8, 4) is 0 Å². The van der Waals surface area contributed by atoms with Crippen molar-refractivity contribution in [3.05, 3.63) is 60.6 Å². The Bertz CT molecular complexity index is 440. The van der Waals surface area contributed by atoms with Crippen molar-refractivity contribution in [2.75, 3.05) is 0 Å². The summed E-state index contributed by atoms with van der Waals surface area (Å²) < 4.78 is 5.32. The lowest BCUT2D eigenvalue weighted by Crippen LogP contribution is -1.98. The maximum atomic E-state index is 9.69. The summed E-state index contributed by atoms with van der Waals surface area (Å²) in [5, 5.41) is 9.69. The first-order valence-corrected chi connectivity index (χ1v) is 9.01. The van der Waals surface area contributed by atoms with E-state index in [2.05, 4.69) is 25.1 Å². The Morgan fingerprint density at radius 1 is 1.04 bits per heavy atom. The van der Waals surface area contributed by atoms with Crippen LogP contribution in [0.15, 0.2) is 59.3 Å². The van der Waals surface area contributed by atoms with Crippen LogP contribution >= 0.6 is 0 Å². The molecule has 1 aromatic heterocycles. The predicted octanol–water partition coefficient (Wildman–Crippen LogP) is 5.99. The normalized spacial score (nSPS) is 13.7. The zero-order valence-electron chi connectivity index (χ0n) is 14.5. The van der Waals surface area contributed by atoms with Gasteiger partial charge in [-0.3, -0.25) is 0 Å². The van der Waals surface area contributed by atoms with Gasteiger partial charge in [-0.05, 0) is 44.2 Å². The number of furan rings is 1. The molecule has 1 atom stereocenters. The van der Waals surface area contributed by atoms with Crippen molar-refractivity contribution >= 4 is 0 Å². The van der Waals surface area contributed by atoms with Gasteiger partial charge in [0.15, 0.2) is 0 Å². The van der Waals surface area contributed by atoms with Crippen molar-refractivity contribution < 1.29 is 9.52 Å². The second-order valence-electron chi connectivity index (χ2n) is 5.88. The van der Waals surface area contributed by atoms with Crippen LogP contribution in [-0.4, -0.2) is 11.2 Å². The summed E-state index contributed by atoms with van der Waals surface area (Å²) in [4.78, 5) is 0. The summed E-state index contributed by atoms with van der Waals surface area (Å²) in [5.41, 5.74) is 0. The monoisotopic (exact) mass is 316 g/mol. The molecule has 0 saturated carbocycles. The molecule has 0 aliphatic carbocycles. The van der Waals surface area contributed by atoms with Gasteiger partial charge in [0.25, 0.3) is 0 Å². The molecule has 1 rings (SSSR count). The van der Waals surface area contributed by atoms with E-state index < -0.39 is 0 Å². The van der Waals surface area contributed by atoms with Gasteiger partial charge in [-0.15, -0.1) is 0 Å². The number of aliphatic hydroxyl groups excluding tert-OH is 1. The Morgan fingerprint density at radius 3 is 2.65 bits per heavy atom. The van der Waals surface area contributed by atoms with Crippen LogP contribution in [0.3, 0.4) is 0 Å². The van der Waals surface area contributed by atoms with Crippen molar-refractivity contribution in [1.82, 2.24) is 0 Å². The van der Waals surface area contributed by atoms with Gasteiger partial charge in [-0.2, -0.15) is 0 Å². The fourth-order valence-corrected chi connectivity index (χ4v) is 2.39. The number of hydrogen-bond acceptors (Lipinski definition) is 2. The van der Waals surface area contributed by atoms with E-state index in [4.69, 9.17) is 4.42 Å². The van der Waals surface area contributed by atoms with Gasteiger partial charge in [-0.25, -0.2) is 0 Å². The first-order valence-electron chi connectivity index (χ1n) is 9.01. The second-order valence-corrected chi connectivity index (χ2v) is 5.88. The van der Waals surface area contributed by atoms with Gasteiger partial charge < -0.3 is 9.52 Å². The average Bonchev–Trinajstić information content (AvgIpc) is 3.06. The lowest BCUT2D eigenvalue weighted by Gasteiger charge is -1.99. The molecule has 0 saturated heterocycles. The highest BCUT2D eigenvalue weighted by atomic mass is 16.3. The minimum Gasteiger partial charge on any atom is -0.469 e. The summed E-state index contributed by atoms with van der Waals surface area (Å²) in [5.74, 6) is 1.10. The summed E-state index contributed by atoms with van der Waals surface area (Å²) in [6, 6.07) is 4.01. The van der Waals surface area contributed by atoms with Crippen molar-refractivity contribution in [2.45, 2.75) is 70.8 Å². The van der Waals surface area contributed by atoms with Gasteiger partial charge in [0.05, 0.1) is 12.4 Å². The summed E-state index contributed by atoms with van der Waals surface area (Å²) >= 11 is 0. The third kappa shape index (κ3) is 11.7. The molecule has 0 spiro atoms. The molecule has 0 aromatic carbocycles. The highest BCUT2D eigenvalue weighted by Gasteiger charge is 1.95. The van der Waals surface area contributed by atoms with Crippen LogP contribution in [0, 0.1) is 0 Å². The zero-order chi connectivity index (χ0) is 16.6.